The predicted octanol–water partition coefficient (Wildman–Crippen LogP) is 2.29. The third-order valence-corrected chi connectivity index (χ3v) is 2.78. The number of nitrogens with one attached hydrogen (secondary N) is 2. The molecule has 0 aromatic carbocycles. The maximum Gasteiger partial charge on any atom is 0.417 e. The molecule has 0 saturated heterocycles. The average molecular weight is 335 g/mol. The summed E-state index contributed by atoms with van der Waals surface area (Å²) in [5.41, 5.74) is -0.678. The number of aromatic amines is 1. The molecule has 2 aromatic heterocycles. The summed E-state index contributed by atoms with van der Waals surface area (Å²) in [6.07, 6.45) is -2.46. The standard InChI is InChI=1S/C12H10ClF3N4O2/c13-8-5-7(12(14,15)16)6-18-11(8)22-4-3-17-10(21)9-1-2-19-20-9/h1-2,5-6H,3-4H2,(H,17,21)(H,19,20). The molecule has 0 saturated carbocycles. The van der Waals surface area contributed by atoms with Crippen LogP contribution in [-0.4, -0.2) is 34.2 Å². The first-order valence-corrected chi connectivity index (χ1v) is 6.39. The van der Waals surface area contributed by atoms with E-state index in [9.17, 15) is 18.0 Å². The monoisotopic (exact) mass is 334 g/mol. The molecule has 2 heterocycles. The number of hydrogen-bond acceptors (Lipinski definition) is 4. The minimum Gasteiger partial charge on any atom is -0.475 e. The van der Waals surface area contributed by atoms with Gasteiger partial charge in [-0.05, 0) is 12.1 Å². The van der Waals surface area contributed by atoms with E-state index in [0.29, 0.717) is 6.20 Å². The molecule has 0 bridgehead atoms. The van der Waals surface area contributed by atoms with Crippen molar-refractivity contribution in [2.45, 2.75) is 6.18 Å². The normalized spacial score (nSPS) is 11.3. The van der Waals surface area contributed by atoms with Gasteiger partial charge in [-0.15, -0.1) is 0 Å². The first-order chi connectivity index (χ1) is 10.4. The number of ether oxygens (including phenoxy) is 1. The lowest BCUT2D eigenvalue weighted by Gasteiger charge is -2.10. The summed E-state index contributed by atoms with van der Waals surface area (Å²) in [5, 5.41) is 8.37. The van der Waals surface area contributed by atoms with Crippen LogP contribution in [0, 0.1) is 0 Å². The molecule has 6 nitrogen and oxygen atoms in total. The van der Waals surface area contributed by atoms with Crippen molar-refractivity contribution in [2.75, 3.05) is 13.2 Å². The average Bonchev–Trinajstić information content (AvgIpc) is 2.97. The number of rotatable bonds is 5. The zero-order chi connectivity index (χ0) is 16.2. The van der Waals surface area contributed by atoms with Crippen LogP contribution in [-0.2, 0) is 6.18 Å². The highest BCUT2D eigenvalue weighted by Crippen LogP contribution is 2.32. The van der Waals surface area contributed by atoms with Gasteiger partial charge in [0.2, 0.25) is 5.88 Å². The fourth-order valence-corrected chi connectivity index (χ4v) is 1.70. The molecule has 0 fully saturated rings. The van der Waals surface area contributed by atoms with Crippen LogP contribution >= 0.6 is 11.6 Å². The molecule has 10 heteroatoms. The highest BCUT2D eigenvalue weighted by atomic mass is 35.5. The quantitative estimate of drug-likeness (QED) is 0.822. The van der Waals surface area contributed by atoms with Gasteiger partial charge in [-0.25, -0.2) is 4.98 Å². The first kappa shape index (κ1) is 16.1. The Kier molecular flexibility index (Phi) is 4.86. The molecule has 0 unspecified atom stereocenters. The third-order valence-electron chi connectivity index (χ3n) is 2.51. The van der Waals surface area contributed by atoms with Gasteiger partial charge in [-0.2, -0.15) is 18.3 Å². The highest BCUT2D eigenvalue weighted by molar-refractivity contribution is 6.31. The van der Waals surface area contributed by atoms with E-state index in [1.165, 1.54) is 12.3 Å². The van der Waals surface area contributed by atoms with Crippen LogP contribution in [0.3, 0.4) is 0 Å². The van der Waals surface area contributed by atoms with Gasteiger partial charge in [0.15, 0.2) is 0 Å². The number of hydrogen-bond donors (Lipinski definition) is 2. The summed E-state index contributed by atoms with van der Waals surface area (Å²) in [6.45, 7) is 0.120. The van der Waals surface area contributed by atoms with E-state index >= 15 is 0 Å². The Bertz CT molecular complexity index is 646. The lowest BCUT2D eigenvalue weighted by Crippen LogP contribution is -2.28. The van der Waals surface area contributed by atoms with Crippen LogP contribution in [0.15, 0.2) is 24.5 Å². The van der Waals surface area contributed by atoms with Gasteiger partial charge >= 0.3 is 6.18 Å². The summed E-state index contributed by atoms with van der Waals surface area (Å²) in [6, 6.07) is 2.22. The number of H-pyrrole nitrogens is 1. The van der Waals surface area contributed by atoms with E-state index in [1.807, 2.05) is 0 Å². The lowest BCUT2D eigenvalue weighted by molar-refractivity contribution is -0.137. The zero-order valence-corrected chi connectivity index (χ0v) is 11.7. The van der Waals surface area contributed by atoms with Crippen LogP contribution in [0.4, 0.5) is 13.2 Å². The first-order valence-electron chi connectivity index (χ1n) is 6.01. The van der Waals surface area contributed by atoms with Crippen molar-refractivity contribution in [1.29, 1.82) is 0 Å². The van der Waals surface area contributed by atoms with Crippen LogP contribution in [0.5, 0.6) is 5.88 Å². The molecular formula is C12H10ClF3N4O2. The molecule has 2 N–H and O–H groups in total. The van der Waals surface area contributed by atoms with Crippen LogP contribution in [0.1, 0.15) is 16.1 Å². The van der Waals surface area contributed by atoms with E-state index in [-0.39, 0.29) is 35.7 Å². The minimum atomic E-state index is -4.52. The SMILES string of the molecule is O=C(NCCOc1ncc(C(F)(F)F)cc1Cl)c1ccn[nH]1. The number of aromatic nitrogens is 3. The molecule has 22 heavy (non-hydrogen) atoms. The van der Waals surface area contributed by atoms with Gasteiger partial charge in [0, 0.05) is 12.4 Å². The van der Waals surface area contributed by atoms with E-state index in [2.05, 4.69) is 20.5 Å². The summed E-state index contributed by atoms with van der Waals surface area (Å²) < 4.78 is 42.4. The molecule has 2 aromatic rings. The van der Waals surface area contributed by atoms with E-state index in [0.717, 1.165) is 6.07 Å². The van der Waals surface area contributed by atoms with Gasteiger partial charge in [-0.3, -0.25) is 9.89 Å². The number of halogens is 4. The van der Waals surface area contributed by atoms with Crippen molar-refractivity contribution in [3.63, 3.8) is 0 Å². The smallest absolute Gasteiger partial charge is 0.417 e. The summed E-state index contributed by atoms with van der Waals surface area (Å²) in [7, 11) is 0. The van der Waals surface area contributed by atoms with Crippen molar-refractivity contribution in [3.8, 4) is 5.88 Å². The molecule has 0 aliphatic heterocycles. The van der Waals surface area contributed by atoms with Crippen molar-refractivity contribution in [3.05, 3.63) is 40.8 Å². The molecule has 0 spiro atoms. The lowest BCUT2D eigenvalue weighted by atomic mass is 10.3. The number of amides is 1. The third kappa shape index (κ3) is 4.10. The maximum atomic E-state index is 12.4. The zero-order valence-electron chi connectivity index (χ0n) is 10.9. The summed E-state index contributed by atoms with van der Waals surface area (Å²) in [4.78, 5) is 15.0. The Balaban J connectivity index is 1.83. The molecule has 2 rings (SSSR count). The molecule has 0 atom stereocenters. The molecule has 0 aliphatic rings. The maximum absolute atomic E-state index is 12.4. The highest BCUT2D eigenvalue weighted by Gasteiger charge is 2.31. The molecule has 0 aliphatic carbocycles. The second kappa shape index (κ2) is 6.65. The van der Waals surface area contributed by atoms with Crippen molar-refractivity contribution in [2.24, 2.45) is 0 Å². The number of pyridine rings is 1. The van der Waals surface area contributed by atoms with Gasteiger partial charge in [0.1, 0.15) is 17.3 Å². The second-order valence-corrected chi connectivity index (χ2v) is 4.49. The molecular weight excluding hydrogens is 325 g/mol. The predicted molar refractivity (Wildman–Crippen MR) is 70.7 cm³/mol. The minimum absolute atomic E-state index is 0.00202. The fourth-order valence-electron chi connectivity index (χ4n) is 1.48. The Morgan fingerprint density at radius 3 is 2.82 bits per heavy atom. The summed E-state index contributed by atoms with van der Waals surface area (Å²) in [5.74, 6) is -0.516. The molecule has 118 valence electrons. The topological polar surface area (TPSA) is 79.9 Å². The van der Waals surface area contributed by atoms with E-state index < -0.39 is 11.7 Å². The van der Waals surface area contributed by atoms with E-state index in [1.54, 1.807) is 0 Å². The number of carbonyl (C=O) groups is 1. The van der Waals surface area contributed by atoms with E-state index in [4.69, 9.17) is 16.3 Å². The number of carbonyl (C=O) groups excluding carboxylic acids is 1. The van der Waals surface area contributed by atoms with Crippen molar-refractivity contribution in [1.82, 2.24) is 20.5 Å². The second-order valence-electron chi connectivity index (χ2n) is 4.08. The van der Waals surface area contributed by atoms with Crippen molar-refractivity contribution >= 4 is 17.5 Å². The Labute approximate surface area is 127 Å². The molecule has 1 amide bonds. The Morgan fingerprint density at radius 2 is 2.23 bits per heavy atom. The van der Waals surface area contributed by atoms with Gasteiger partial charge in [0.25, 0.3) is 5.91 Å². The van der Waals surface area contributed by atoms with Crippen molar-refractivity contribution < 1.29 is 22.7 Å². The van der Waals surface area contributed by atoms with Crippen LogP contribution in [0.2, 0.25) is 5.02 Å². The summed E-state index contributed by atoms with van der Waals surface area (Å²) >= 11 is 5.67. The van der Waals surface area contributed by atoms with Crippen LogP contribution < -0.4 is 10.1 Å². The van der Waals surface area contributed by atoms with Crippen LogP contribution in [0.25, 0.3) is 0 Å². The van der Waals surface area contributed by atoms with Gasteiger partial charge in [-0.1, -0.05) is 11.6 Å². The Morgan fingerprint density at radius 1 is 1.45 bits per heavy atom. The van der Waals surface area contributed by atoms with Gasteiger partial charge in [0.05, 0.1) is 12.1 Å². The largest absolute Gasteiger partial charge is 0.475 e. The number of alkyl halides is 3. The number of nitrogens with zero attached hydrogens (tertiary/aromatic N) is 2. The van der Waals surface area contributed by atoms with Gasteiger partial charge < -0.3 is 10.1 Å². The molecule has 0 radical (unpaired) electrons. The fraction of sp³-hybridized carbons (Fsp3) is 0.250. The Hall–Kier alpha value is -2.29.